The first-order chi connectivity index (χ1) is 15.2. The predicted molar refractivity (Wildman–Crippen MR) is 118 cm³/mol. The van der Waals surface area contributed by atoms with E-state index < -0.39 is 6.04 Å². The lowest BCUT2D eigenvalue weighted by molar-refractivity contribution is -0.127. The third kappa shape index (κ3) is 3.93. The van der Waals surface area contributed by atoms with Crippen molar-refractivity contribution in [1.82, 2.24) is 14.9 Å². The van der Waals surface area contributed by atoms with E-state index in [2.05, 4.69) is 5.32 Å². The van der Waals surface area contributed by atoms with Crippen LogP contribution in [0.5, 0.6) is 0 Å². The number of imidazole rings is 1. The molecule has 1 saturated heterocycles. The van der Waals surface area contributed by atoms with E-state index in [0.717, 1.165) is 36.9 Å². The standard InChI is InChI=1S/C24H26N4O3/c29-22(25-13-12-17-7-2-1-3-8-17)15-21-23(30)27(16-18-9-6-14-31-18)24-26-19-10-4-5-11-20(19)28(21)24/h1-5,7-8,10-11,18,21H,6,9,12-16H2,(H,25,29)/t18-,21+/m0/s1. The number of anilines is 1. The third-order valence-corrected chi connectivity index (χ3v) is 6.05. The molecule has 0 radical (unpaired) electrons. The van der Waals surface area contributed by atoms with Gasteiger partial charge in [-0.3, -0.25) is 19.1 Å². The summed E-state index contributed by atoms with van der Waals surface area (Å²) in [4.78, 5) is 32.4. The fourth-order valence-corrected chi connectivity index (χ4v) is 4.50. The van der Waals surface area contributed by atoms with Gasteiger partial charge in [-0.15, -0.1) is 0 Å². The van der Waals surface area contributed by atoms with Crippen LogP contribution in [0.1, 0.15) is 30.9 Å². The Morgan fingerprint density at radius 1 is 1.13 bits per heavy atom. The van der Waals surface area contributed by atoms with Crippen molar-refractivity contribution >= 4 is 28.8 Å². The van der Waals surface area contributed by atoms with Crippen molar-refractivity contribution < 1.29 is 14.3 Å². The maximum absolute atomic E-state index is 13.3. The second-order valence-electron chi connectivity index (χ2n) is 8.16. The number of ether oxygens (including phenoxy) is 1. The van der Waals surface area contributed by atoms with Gasteiger partial charge in [0, 0.05) is 13.2 Å². The summed E-state index contributed by atoms with van der Waals surface area (Å²) in [6.45, 7) is 1.76. The van der Waals surface area contributed by atoms with Crippen molar-refractivity contribution in [3.05, 3.63) is 60.2 Å². The van der Waals surface area contributed by atoms with Crippen LogP contribution < -0.4 is 10.2 Å². The number of aromatic nitrogens is 2. The van der Waals surface area contributed by atoms with Gasteiger partial charge >= 0.3 is 0 Å². The lowest BCUT2D eigenvalue weighted by Crippen LogP contribution is -2.37. The molecule has 1 N–H and O–H groups in total. The zero-order valence-corrected chi connectivity index (χ0v) is 17.4. The van der Waals surface area contributed by atoms with Gasteiger partial charge in [0.2, 0.25) is 11.9 Å². The van der Waals surface area contributed by atoms with Crippen molar-refractivity contribution in [2.24, 2.45) is 0 Å². The van der Waals surface area contributed by atoms with Gasteiger partial charge in [-0.2, -0.15) is 0 Å². The van der Waals surface area contributed by atoms with Crippen molar-refractivity contribution in [1.29, 1.82) is 0 Å². The van der Waals surface area contributed by atoms with Crippen molar-refractivity contribution in [2.45, 2.75) is 37.8 Å². The second kappa shape index (κ2) is 8.51. The van der Waals surface area contributed by atoms with Gasteiger partial charge < -0.3 is 10.1 Å². The Bertz CT molecular complexity index is 1090. The molecule has 3 aromatic rings. The van der Waals surface area contributed by atoms with E-state index in [4.69, 9.17) is 9.72 Å². The molecule has 3 heterocycles. The number of hydrogen-bond donors (Lipinski definition) is 1. The van der Waals surface area contributed by atoms with Crippen LogP contribution in [0.15, 0.2) is 54.6 Å². The monoisotopic (exact) mass is 418 g/mol. The van der Waals surface area contributed by atoms with Gasteiger partial charge in [0.1, 0.15) is 6.04 Å². The zero-order valence-electron chi connectivity index (χ0n) is 17.4. The topological polar surface area (TPSA) is 76.5 Å². The number of rotatable bonds is 7. The summed E-state index contributed by atoms with van der Waals surface area (Å²) >= 11 is 0. The van der Waals surface area contributed by atoms with Crippen LogP contribution in [-0.4, -0.2) is 47.2 Å². The van der Waals surface area contributed by atoms with E-state index in [9.17, 15) is 9.59 Å². The Balaban J connectivity index is 1.33. The van der Waals surface area contributed by atoms with Crippen LogP contribution in [0, 0.1) is 0 Å². The largest absolute Gasteiger partial charge is 0.376 e. The van der Waals surface area contributed by atoms with E-state index in [0.29, 0.717) is 19.0 Å². The minimum atomic E-state index is -0.583. The van der Waals surface area contributed by atoms with Gasteiger partial charge in [0.05, 0.1) is 30.1 Å². The van der Waals surface area contributed by atoms with E-state index in [1.165, 1.54) is 5.56 Å². The Labute approximate surface area is 181 Å². The molecule has 2 aliphatic heterocycles. The number of nitrogens with one attached hydrogen (secondary N) is 1. The molecule has 160 valence electrons. The number of amides is 2. The van der Waals surface area contributed by atoms with Gasteiger partial charge in [0.15, 0.2) is 0 Å². The normalized spacial score (nSPS) is 20.4. The number of carbonyl (C=O) groups excluding carboxylic acids is 2. The summed E-state index contributed by atoms with van der Waals surface area (Å²) < 4.78 is 7.67. The zero-order chi connectivity index (χ0) is 21.2. The molecule has 5 rings (SSSR count). The minimum Gasteiger partial charge on any atom is -0.376 e. The molecule has 2 aromatic carbocycles. The molecule has 31 heavy (non-hydrogen) atoms. The summed E-state index contributed by atoms with van der Waals surface area (Å²) in [5, 5.41) is 2.97. The molecule has 2 aliphatic rings. The molecule has 0 bridgehead atoms. The highest BCUT2D eigenvalue weighted by molar-refractivity contribution is 6.03. The lowest BCUT2D eigenvalue weighted by atomic mass is 10.1. The van der Waals surface area contributed by atoms with Crippen molar-refractivity contribution in [2.75, 3.05) is 24.6 Å². The average Bonchev–Trinajstić information content (AvgIpc) is 3.48. The maximum atomic E-state index is 13.3. The van der Waals surface area contributed by atoms with Gasteiger partial charge in [-0.25, -0.2) is 4.98 Å². The Morgan fingerprint density at radius 2 is 1.94 bits per heavy atom. The minimum absolute atomic E-state index is 0.0238. The van der Waals surface area contributed by atoms with Crippen molar-refractivity contribution in [3.63, 3.8) is 0 Å². The highest BCUT2D eigenvalue weighted by Gasteiger charge is 2.42. The predicted octanol–water partition coefficient (Wildman–Crippen LogP) is 2.85. The first-order valence-corrected chi connectivity index (χ1v) is 10.9. The van der Waals surface area contributed by atoms with Gasteiger partial charge in [-0.05, 0) is 37.0 Å². The lowest BCUT2D eigenvalue weighted by Gasteiger charge is -2.19. The number of para-hydroxylation sites is 2. The summed E-state index contributed by atoms with van der Waals surface area (Å²) in [5.74, 6) is 0.405. The molecule has 1 fully saturated rings. The molecule has 0 unspecified atom stereocenters. The van der Waals surface area contributed by atoms with Crippen LogP contribution in [-0.2, 0) is 20.7 Å². The fraction of sp³-hybridized carbons (Fsp3) is 0.375. The van der Waals surface area contributed by atoms with Gasteiger partial charge in [-0.1, -0.05) is 42.5 Å². The number of carbonyl (C=O) groups is 2. The molecule has 0 aliphatic carbocycles. The SMILES string of the molecule is O=C(C[C@@H]1C(=O)N(C[C@@H]2CCCO2)c2nc3ccccc3n21)NCCc1ccccc1. The molecule has 0 spiro atoms. The Morgan fingerprint density at radius 3 is 2.74 bits per heavy atom. The summed E-state index contributed by atoms with van der Waals surface area (Å²) in [6.07, 6.45) is 2.83. The first kappa shape index (κ1) is 19.8. The van der Waals surface area contributed by atoms with Crippen LogP contribution >= 0.6 is 0 Å². The molecule has 2 amide bonds. The smallest absolute Gasteiger partial charge is 0.253 e. The molecule has 7 heteroatoms. The van der Waals surface area contributed by atoms with Crippen LogP contribution in [0.25, 0.3) is 11.0 Å². The summed E-state index contributed by atoms with van der Waals surface area (Å²) in [6, 6.07) is 17.2. The van der Waals surface area contributed by atoms with E-state index >= 15 is 0 Å². The molecular weight excluding hydrogens is 392 g/mol. The van der Waals surface area contributed by atoms with Crippen LogP contribution in [0.2, 0.25) is 0 Å². The van der Waals surface area contributed by atoms with E-state index in [-0.39, 0.29) is 24.3 Å². The maximum Gasteiger partial charge on any atom is 0.253 e. The Kier molecular flexibility index (Phi) is 5.42. The number of fused-ring (bicyclic) bond motifs is 3. The van der Waals surface area contributed by atoms with E-state index in [1.54, 1.807) is 4.90 Å². The number of benzene rings is 2. The average molecular weight is 418 g/mol. The summed E-state index contributed by atoms with van der Waals surface area (Å²) in [5.41, 5.74) is 2.88. The number of nitrogens with zero attached hydrogens (tertiary/aromatic N) is 3. The molecule has 7 nitrogen and oxygen atoms in total. The third-order valence-electron chi connectivity index (χ3n) is 6.05. The number of hydrogen-bond acceptors (Lipinski definition) is 4. The molecule has 0 saturated carbocycles. The Hall–Kier alpha value is -3.19. The van der Waals surface area contributed by atoms with Gasteiger partial charge in [0.25, 0.3) is 5.91 Å². The highest BCUT2D eigenvalue weighted by Crippen LogP contribution is 2.37. The molecule has 1 aromatic heterocycles. The first-order valence-electron chi connectivity index (χ1n) is 10.9. The van der Waals surface area contributed by atoms with E-state index in [1.807, 2.05) is 59.2 Å². The van der Waals surface area contributed by atoms with Crippen LogP contribution in [0.4, 0.5) is 5.95 Å². The second-order valence-corrected chi connectivity index (χ2v) is 8.16. The quantitative estimate of drug-likeness (QED) is 0.640. The van der Waals surface area contributed by atoms with Crippen molar-refractivity contribution in [3.8, 4) is 0 Å². The summed E-state index contributed by atoms with van der Waals surface area (Å²) in [7, 11) is 0. The van der Waals surface area contributed by atoms with Crippen LogP contribution in [0.3, 0.4) is 0 Å². The molecule has 2 atom stereocenters. The highest BCUT2D eigenvalue weighted by atomic mass is 16.5. The fourth-order valence-electron chi connectivity index (χ4n) is 4.50. The molecular formula is C24H26N4O3.